The maximum atomic E-state index is 11.4. The van der Waals surface area contributed by atoms with Crippen LogP contribution in [0.25, 0.3) is 0 Å². The number of nitrogens with two attached hydrogens (primary N) is 3. The van der Waals surface area contributed by atoms with Crippen molar-refractivity contribution >= 4 is 18.3 Å². The molecule has 0 saturated heterocycles. The van der Waals surface area contributed by atoms with Crippen LogP contribution in [0.3, 0.4) is 0 Å². The number of phenolic OH excluding ortho intramolecular Hbond substituents is 1. The number of nitrogens with one attached hydrogen (secondary N) is 2. The molecule has 2 atom stereocenters. The van der Waals surface area contributed by atoms with Gasteiger partial charge in [-0.25, -0.2) is 0 Å². The highest BCUT2D eigenvalue weighted by Gasteiger charge is 2.10. The number of guanidine groups is 1. The van der Waals surface area contributed by atoms with Gasteiger partial charge in [-0.05, 0) is 87.5 Å². The first-order valence-corrected chi connectivity index (χ1v) is 12.8. The van der Waals surface area contributed by atoms with Gasteiger partial charge in [0.2, 0.25) is 12.3 Å². The molecule has 0 spiro atoms. The van der Waals surface area contributed by atoms with Crippen LogP contribution in [0.2, 0.25) is 0 Å². The standard InChI is InChI=1S/C13H18N2O2.C12H19N3O.C2H5N.C2H6/c1-11(15-10-16)13(17)14-9-5-8-12-6-3-2-4-7-12;1-7-4-10(16)5-8(2)11(7)6-9(3)15-12(13)14;1-2-3;1-2/h2-4,6-7,10-11H,5,8-9H2,1H3,(H,14,17)(H,15,16);4-5,9,16H,6H2,1-3H3,(H4,13,14,15);2H,1,3H2;1-2H3/t11-;9-;;/m11../s1. The maximum Gasteiger partial charge on any atom is 0.242 e. The smallest absolute Gasteiger partial charge is 0.242 e. The Balaban J connectivity index is 0. The Kier molecular flexibility index (Phi) is 21.1. The van der Waals surface area contributed by atoms with Gasteiger partial charge in [-0.15, -0.1) is 0 Å². The number of amides is 2. The fourth-order valence-corrected chi connectivity index (χ4v) is 3.37. The lowest BCUT2D eigenvalue weighted by molar-refractivity contribution is -0.124. The van der Waals surface area contributed by atoms with Crippen molar-refractivity contribution in [3.05, 3.63) is 77.5 Å². The third-order valence-electron chi connectivity index (χ3n) is 5.05. The number of hydrogen-bond acceptors (Lipinski definition) is 5. The summed E-state index contributed by atoms with van der Waals surface area (Å²) < 4.78 is 0. The number of hydrogen-bond donors (Lipinski definition) is 6. The fraction of sp³-hybridized carbons (Fsp3) is 0.414. The molecule has 0 aromatic heterocycles. The van der Waals surface area contributed by atoms with E-state index in [9.17, 15) is 14.7 Å². The summed E-state index contributed by atoms with van der Waals surface area (Å²) in [6.07, 6.45) is 4.39. The lowest BCUT2D eigenvalue weighted by Crippen LogP contribution is -2.41. The Morgan fingerprint density at radius 1 is 1.11 bits per heavy atom. The molecule has 2 rings (SSSR count). The summed E-state index contributed by atoms with van der Waals surface area (Å²) in [5.74, 6) is 0.264. The minimum atomic E-state index is -0.468. The number of phenols is 1. The summed E-state index contributed by atoms with van der Waals surface area (Å²) in [5.41, 5.74) is 19.9. The molecule has 0 saturated carbocycles. The van der Waals surface area contributed by atoms with Crippen molar-refractivity contribution in [1.29, 1.82) is 0 Å². The zero-order valence-corrected chi connectivity index (χ0v) is 23.8. The number of nitrogens with zero attached hydrogens (tertiary/aromatic N) is 1. The molecular formula is C29H48N6O3. The summed E-state index contributed by atoms with van der Waals surface area (Å²) in [5, 5.41) is 14.6. The molecule has 2 aromatic rings. The largest absolute Gasteiger partial charge is 0.508 e. The van der Waals surface area contributed by atoms with Gasteiger partial charge in [0.05, 0.1) is 6.04 Å². The number of rotatable bonds is 10. The van der Waals surface area contributed by atoms with Crippen molar-refractivity contribution in [3.63, 3.8) is 0 Å². The predicted octanol–water partition coefficient (Wildman–Crippen LogP) is 3.20. The second kappa shape index (κ2) is 22.2. The van der Waals surface area contributed by atoms with E-state index in [0.717, 1.165) is 30.4 Å². The lowest BCUT2D eigenvalue weighted by atomic mass is 9.97. The number of aliphatic imine (C=N–C) groups is 1. The molecule has 9 nitrogen and oxygen atoms in total. The van der Waals surface area contributed by atoms with Crippen LogP contribution < -0.4 is 27.8 Å². The van der Waals surface area contributed by atoms with Gasteiger partial charge < -0.3 is 32.9 Å². The van der Waals surface area contributed by atoms with Crippen molar-refractivity contribution in [1.82, 2.24) is 10.6 Å². The summed E-state index contributed by atoms with van der Waals surface area (Å²) in [6, 6.07) is 13.2. The molecule has 212 valence electrons. The number of carbonyl (C=O) groups is 2. The van der Waals surface area contributed by atoms with E-state index in [1.807, 2.05) is 52.8 Å². The van der Waals surface area contributed by atoms with Gasteiger partial charge in [-0.2, -0.15) is 0 Å². The van der Waals surface area contributed by atoms with Gasteiger partial charge in [0.25, 0.3) is 0 Å². The molecule has 0 unspecified atom stereocenters. The Morgan fingerprint density at radius 3 is 2.11 bits per heavy atom. The summed E-state index contributed by atoms with van der Waals surface area (Å²) in [4.78, 5) is 25.6. The minimum absolute atomic E-state index is 0.0481. The van der Waals surface area contributed by atoms with Crippen molar-refractivity contribution in [3.8, 4) is 5.75 Å². The molecule has 9 heteroatoms. The zero-order chi connectivity index (χ0) is 29.5. The van der Waals surface area contributed by atoms with Crippen molar-refractivity contribution < 1.29 is 14.7 Å². The summed E-state index contributed by atoms with van der Waals surface area (Å²) in [6.45, 7) is 15.3. The van der Waals surface area contributed by atoms with Crippen molar-refractivity contribution in [2.45, 2.75) is 72.9 Å². The SMILES string of the molecule is C=CN.CC.C[C@@H](NC=O)C(=O)NCCCc1ccccc1.Cc1cc(O)cc(C)c1C[C@@H](C)N=C(N)N. The molecule has 0 heterocycles. The highest BCUT2D eigenvalue weighted by atomic mass is 16.3. The highest BCUT2D eigenvalue weighted by molar-refractivity contribution is 5.83. The Morgan fingerprint density at radius 2 is 1.63 bits per heavy atom. The minimum Gasteiger partial charge on any atom is -0.508 e. The van der Waals surface area contributed by atoms with E-state index >= 15 is 0 Å². The molecule has 2 amide bonds. The van der Waals surface area contributed by atoms with Gasteiger partial charge in [-0.1, -0.05) is 50.8 Å². The van der Waals surface area contributed by atoms with Crippen LogP contribution in [0.15, 0.2) is 60.2 Å². The maximum absolute atomic E-state index is 11.4. The first kappa shape index (κ1) is 36.1. The summed E-state index contributed by atoms with van der Waals surface area (Å²) >= 11 is 0. The van der Waals surface area contributed by atoms with E-state index < -0.39 is 6.04 Å². The third kappa shape index (κ3) is 17.4. The quantitative estimate of drug-likeness (QED) is 0.120. The van der Waals surface area contributed by atoms with Crippen molar-refractivity contribution in [2.75, 3.05) is 6.54 Å². The van der Waals surface area contributed by atoms with Crippen LogP contribution in [-0.2, 0) is 22.4 Å². The van der Waals surface area contributed by atoms with Gasteiger partial charge >= 0.3 is 0 Å². The van der Waals surface area contributed by atoms with Crippen LogP contribution >= 0.6 is 0 Å². The average Bonchev–Trinajstić information content (AvgIpc) is 2.86. The van der Waals surface area contributed by atoms with E-state index in [-0.39, 0.29) is 17.9 Å². The normalized spacial score (nSPS) is 10.8. The molecule has 0 aliphatic rings. The van der Waals surface area contributed by atoms with Gasteiger partial charge in [0.15, 0.2) is 5.96 Å². The van der Waals surface area contributed by atoms with E-state index in [4.69, 9.17) is 11.5 Å². The van der Waals surface area contributed by atoms with E-state index in [0.29, 0.717) is 18.7 Å². The van der Waals surface area contributed by atoms with Gasteiger partial charge in [-0.3, -0.25) is 14.6 Å². The monoisotopic (exact) mass is 528 g/mol. The van der Waals surface area contributed by atoms with E-state index in [1.165, 1.54) is 17.3 Å². The molecular weight excluding hydrogens is 480 g/mol. The van der Waals surface area contributed by atoms with Crippen LogP contribution in [0.1, 0.15) is 56.4 Å². The zero-order valence-electron chi connectivity index (χ0n) is 23.8. The van der Waals surface area contributed by atoms with E-state index in [1.54, 1.807) is 19.1 Å². The molecule has 38 heavy (non-hydrogen) atoms. The Labute approximate surface area is 228 Å². The fourth-order valence-electron chi connectivity index (χ4n) is 3.37. The Bertz CT molecular complexity index is 937. The number of aromatic hydroxyl groups is 1. The average molecular weight is 529 g/mol. The Hall–Kier alpha value is -4.01. The molecule has 9 N–H and O–H groups in total. The van der Waals surface area contributed by atoms with Crippen LogP contribution in [0.4, 0.5) is 0 Å². The van der Waals surface area contributed by atoms with Crippen LogP contribution in [0, 0.1) is 13.8 Å². The molecule has 0 aliphatic heterocycles. The predicted molar refractivity (Wildman–Crippen MR) is 159 cm³/mol. The number of benzene rings is 2. The van der Waals surface area contributed by atoms with Gasteiger partial charge in [0.1, 0.15) is 11.8 Å². The first-order valence-electron chi connectivity index (χ1n) is 12.8. The van der Waals surface area contributed by atoms with Gasteiger partial charge in [0, 0.05) is 6.54 Å². The summed E-state index contributed by atoms with van der Waals surface area (Å²) in [7, 11) is 0. The lowest BCUT2D eigenvalue weighted by Gasteiger charge is -2.13. The number of carbonyl (C=O) groups excluding carboxylic acids is 2. The second-order valence-corrected chi connectivity index (χ2v) is 8.29. The van der Waals surface area contributed by atoms with Crippen molar-refractivity contribution in [2.24, 2.45) is 22.2 Å². The molecule has 0 radical (unpaired) electrons. The molecule has 0 aliphatic carbocycles. The van der Waals surface area contributed by atoms with Crippen LogP contribution in [-0.4, -0.2) is 42.0 Å². The van der Waals surface area contributed by atoms with E-state index in [2.05, 4.69) is 40.1 Å². The second-order valence-electron chi connectivity index (χ2n) is 8.29. The highest BCUT2D eigenvalue weighted by Crippen LogP contribution is 2.22. The molecule has 0 fully saturated rings. The molecule has 0 bridgehead atoms. The third-order valence-corrected chi connectivity index (χ3v) is 5.05. The topological polar surface area (TPSA) is 169 Å². The van der Waals surface area contributed by atoms with Crippen LogP contribution in [0.5, 0.6) is 5.75 Å². The first-order chi connectivity index (χ1) is 18.0. The number of aryl methyl sites for hydroxylation is 3. The molecule has 2 aromatic carbocycles.